The van der Waals surface area contributed by atoms with Gasteiger partial charge >= 0.3 is 0 Å². The number of aromatic nitrogens is 1. The predicted molar refractivity (Wildman–Crippen MR) is 135 cm³/mol. The quantitative estimate of drug-likeness (QED) is 0.562. The van der Waals surface area contributed by atoms with E-state index in [9.17, 15) is 0 Å². The van der Waals surface area contributed by atoms with Gasteiger partial charge in [0.2, 0.25) is 0 Å². The third-order valence-electron chi connectivity index (χ3n) is 7.25. The second-order valence-corrected chi connectivity index (χ2v) is 9.42. The van der Waals surface area contributed by atoms with Crippen molar-refractivity contribution in [3.05, 3.63) is 64.9 Å². The Morgan fingerprint density at radius 1 is 0.879 bits per heavy atom. The highest BCUT2D eigenvalue weighted by atomic mass is 16.5. The second-order valence-electron chi connectivity index (χ2n) is 9.42. The molecule has 0 atom stereocenters. The molecule has 1 saturated heterocycles. The van der Waals surface area contributed by atoms with Crippen molar-refractivity contribution < 1.29 is 4.74 Å². The topological polar surface area (TPSA) is 41.0 Å². The third-order valence-corrected chi connectivity index (χ3v) is 7.25. The molecule has 0 amide bonds. The van der Waals surface area contributed by atoms with E-state index in [1.807, 2.05) is 0 Å². The van der Waals surface area contributed by atoms with Crippen LogP contribution in [0.1, 0.15) is 54.5 Å². The zero-order chi connectivity index (χ0) is 22.5. The van der Waals surface area contributed by atoms with Gasteiger partial charge in [0.1, 0.15) is 0 Å². The van der Waals surface area contributed by atoms with Gasteiger partial charge in [0.25, 0.3) is 0 Å². The summed E-state index contributed by atoms with van der Waals surface area (Å²) in [5.41, 5.74) is 6.83. The lowest BCUT2D eigenvalue weighted by Crippen LogP contribution is -2.45. The highest BCUT2D eigenvalue weighted by Crippen LogP contribution is 2.30. The lowest BCUT2D eigenvalue weighted by atomic mass is 9.93. The summed E-state index contributed by atoms with van der Waals surface area (Å²) < 4.78 is 5.31. The number of aliphatic imine (C=N–C) groups is 1. The Labute approximate surface area is 198 Å². The van der Waals surface area contributed by atoms with Crippen LogP contribution in [0.2, 0.25) is 0 Å². The fraction of sp³-hybridized carbons (Fsp3) is 0.500. The van der Waals surface area contributed by atoms with Crippen molar-refractivity contribution >= 4 is 17.4 Å². The van der Waals surface area contributed by atoms with Crippen molar-refractivity contribution in [2.45, 2.75) is 51.4 Å². The first-order chi connectivity index (χ1) is 16.3. The number of unbranched alkanes of at least 4 members (excludes halogenated alkanes) is 2. The summed E-state index contributed by atoms with van der Waals surface area (Å²) in [6, 6.07) is 13.3. The highest BCUT2D eigenvalue weighted by Gasteiger charge is 2.22. The van der Waals surface area contributed by atoms with Gasteiger partial charge in [-0.3, -0.25) is 4.90 Å². The van der Waals surface area contributed by atoms with E-state index < -0.39 is 0 Å². The molecule has 0 N–H and O–H groups in total. The summed E-state index contributed by atoms with van der Waals surface area (Å²) in [5.74, 6) is 1.67. The van der Waals surface area contributed by atoms with Crippen molar-refractivity contribution in [1.82, 2.24) is 14.8 Å². The van der Waals surface area contributed by atoms with Gasteiger partial charge in [-0.25, -0.2) is 4.98 Å². The first-order valence-electron chi connectivity index (χ1n) is 12.7. The van der Waals surface area contributed by atoms with E-state index in [1.165, 1.54) is 74.1 Å². The number of benzene rings is 1. The number of methoxy groups -OCH3 is 1. The summed E-state index contributed by atoms with van der Waals surface area (Å²) in [6.07, 6.45) is 11.4. The molecule has 2 aromatic rings. The van der Waals surface area contributed by atoms with Crippen molar-refractivity contribution in [3.8, 4) is 0 Å². The monoisotopic (exact) mass is 444 g/mol. The van der Waals surface area contributed by atoms with Gasteiger partial charge in [-0.1, -0.05) is 42.8 Å². The molecule has 0 spiro atoms. The van der Waals surface area contributed by atoms with Gasteiger partial charge in [0, 0.05) is 49.6 Å². The highest BCUT2D eigenvalue weighted by molar-refractivity contribution is 5.81. The molecular weight excluding hydrogens is 408 g/mol. The fourth-order valence-corrected chi connectivity index (χ4v) is 5.30. The zero-order valence-corrected chi connectivity index (χ0v) is 19.9. The van der Waals surface area contributed by atoms with E-state index in [2.05, 4.69) is 57.3 Å². The molecule has 1 aromatic heterocycles. The maximum absolute atomic E-state index is 5.31. The Hall–Kier alpha value is -2.66. The van der Waals surface area contributed by atoms with Crippen LogP contribution < -0.4 is 0 Å². The molecule has 174 valence electrons. The maximum Gasteiger partial charge on any atom is 0.189 e. The molecule has 5 nitrogen and oxygen atoms in total. The molecule has 1 fully saturated rings. The van der Waals surface area contributed by atoms with Crippen LogP contribution in [0.25, 0.3) is 5.70 Å². The summed E-state index contributed by atoms with van der Waals surface area (Å²) in [7, 11) is 1.69. The molecule has 3 aliphatic rings. The normalized spacial score (nSPS) is 18.3. The average Bonchev–Trinajstić information content (AvgIpc) is 2.88. The molecule has 1 aliphatic carbocycles. The van der Waals surface area contributed by atoms with Crippen molar-refractivity contribution in [2.24, 2.45) is 4.99 Å². The van der Waals surface area contributed by atoms with Crippen LogP contribution in [-0.2, 0) is 24.0 Å². The number of hydrogen-bond donors (Lipinski definition) is 0. The molecule has 0 bridgehead atoms. The van der Waals surface area contributed by atoms with Crippen LogP contribution in [0.5, 0.6) is 0 Å². The second kappa shape index (κ2) is 10.5. The molecule has 0 unspecified atom stereocenters. The smallest absolute Gasteiger partial charge is 0.189 e. The Morgan fingerprint density at radius 3 is 2.64 bits per heavy atom. The summed E-state index contributed by atoms with van der Waals surface area (Å²) in [6.45, 7) is 5.84. The third kappa shape index (κ3) is 5.30. The number of aryl methyl sites for hydroxylation is 3. The number of hydrogen-bond acceptors (Lipinski definition) is 5. The molecular formula is C28H36N4O. The SMILES string of the molecule is COC1=Nc2nc(CCCCCN3CCN(C4=CCCc5ccccc54)CC3)ccc2CC1. The van der Waals surface area contributed by atoms with Gasteiger partial charge in [0.15, 0.2) is 11.7 Å². The molecule has 5 rings (SSSR count). The lowest BCUT2D eigenvalue weighted by molar-refractivity contribution is 0.172. The minimum Gasteiger partial charge on any atom is -0.484 e. The van der Waals surface area contributed by atoms with E-state index >= 15 is 0 Å². The summed E-state index contributed by atoms with van der Waals surface area (Å²) >= 11 is 0. The number of rotatable bonds is 7. The number of piperazine rings is 1. The molecule has 0 saturated carbocycles. The van der Waals surface area contributed by atoms with Gasteiger partial charge in [-0.15, -0.1) is 0 Å². The number of pyridine rings is 1. The van der Waals surface area contributed by atoms with Crippen LogP contribution in [0.3, 0.4) is 0 Å². The number of allylic oxidation sites excluding steroid dienone is 1. The number of fused-ring (bicyclic) bond motifs is 2. The first-order valence-corrected chi connectivity index (χ1v) is 12.7. The maximum atomic E-state index is 5.31. The average molecular weight is 445 g/mol. The minimum absolute atomic E-state index is 0.802. The molecule has 33 heavy (non-hydrogen) atoms. The Balaban J connectivity index is 1.03. The van der Waals surface area contributed by atoms with Crippen molar-refractivity contribution in [2.75, 3.05) is 39.8 Å². The van der Waals surface area contributed by atoms with E-state index in [0.29, 0.717) is 0 Å². The van der Waals surface area contributed by atoms with Crippen LogP contribution in [0.15, 0.2) is 47.5 Å². The Morgan fingerprint density at radius 2 is 1.76 bits per heavy atom. The Kier molecular flexibility index (Phi) is 7.06. The van der Waals surface area contributed by atoms with E-state index in [1.54, 1.807) is 7.11 Å². The van der Waals surface area contributed by atoms with E-state index in [0.717, 1.165) is 49.8 Å². The first kappa shape index (κ1) is 22.1. The number of ether oxygens (including phenoxy) is 1. The van der Waals surface area contributed by atoms with E-state index in [4.69, 9.17) is 9.72 Å². The van der Waals surface area contributed by atoms with Crippen molar-refractivity contribution in [1.29, 1.82) is 0 Å². The lowest BCUT2D eigenvalue weighted by Gasteiger charge is -2.38. The summed E-state index contributed by atoms with van der Waals surface area (Å²) in [4.78, 5) is 14.6. The van der Waals surface area contributed by atoms with Gasteiger partial charge in [-0.05, 0) is 62.3 Å². The summed E-state index contributed by atoms with van der Waals surface area (Å²) in [5, 5.41) is 0. The predicted octanol–water partition coefficient (Wildman–Crippen LogP) is 5.02. The van der Waals surface area contributed by atoms with Crippen LogP contribution >= 0.6 is 0 Å². The fourth-order valence-electron chi connectivity index (χ4n) is 5.30. The molecule has 3 heterocycles. The molecule has 1 aromatic carbocycles. The van der Waals surface area contributed by atoms with E-state index in [-0.39, 0.29) is 0 Å². The van der Waals surface area contributed by atoms with Gasteiger partial charge in [0.05, 0.1) is 7.11 Å². The molecule has 2 aliphatic heterocycles. The molecule has 5 heteroatoms. The van der Waals surface area contributed by atoms with Crippen LogP contribution in [-0.4, -0.2) is 60.5 Å². The Bertz CT molecular complexity index is 1020. The van der Waals surface area contributed by atoms with Crippen LogP contribution in [0.4, 0.5) is 5.82 Å². The van der Waals surface area contributed by atoms with Crippen molar-refractivity contribution in [3.63, 3.8) is 0 Å². The zero-order valence-electron chi connectivity index (χ0n) is 19.9. The van der Waals surface area contributed by atoms with Gasteiger partial charge in [-0.2, -0.15) is 4.99 Å². The number of nitrogens with zero attached hydrogens (tertiary/aromatic N) is 4. The standard InChI is InChI=1S/C28H36N4O/c1-33-27-16-14-23-13-15-24(29-28(23)30-27)10-3-2-6-17-31-18-20-32(21-19-31)26-12-7-9-22-8-4-5-11-25(22)26/h4-5,8,11-13,15H,2-3,6-7,9-10,14,16-21H2,1H3. The molecule has 0 radical (unpaired) electrons. The van der Waals surface area contributed by atoms with Crippen LogP contribution in [0, 0.1) is 0 Å². The largest absolute Gasteiger partial charge is 0.484 e. The van der Waals surface area contributed by atoms with Gasteiger partial charge < -0.3 is 9.64 Å². The minimum atomic E-state index is 0.802.